The number of amides is 1. The zero-order valence-corrected chi connectivity index (χ0v) is 18.8. The topological polar surface area (TPSA) is 84.5 Å². The predicted octanol–water partition coefficient (Wildman–Crippen LogP) is 4.82. The SMILES string of the molecule is Cc1cccc(NS(=O)(=O)c2ccc(NC(=O)[C@H](C)Oc3cc(C)cc(C)c3)cc2)c1. The van der Waals surface area contributed by atoms with Gasteiger partial charge in [0.25, 0.3) is 15.9 Å². The first kappa shape index (κ1) is 22.4. The molecule has 0 aromatic heterocycles. The van der Waals surface area contributed by atoms with Crippen molar-refractivity contribution >= 4 is 27.3 Å². The quantitative estimate of drug-likeness (QED) is 0.554. The fraction of sp³-hybridized carbons (Fsp3) is 0.208. The highest BCUT2D eigenvalue weighted by Gasteiger charge is 2.17. The maximum atomic E-state index is 12.6. The molecule has 0 unspecified atom stereocenters. The molecule has 0 fully saturated rings. The second-order valence-electron chi connectivity index (χ2n) is 7.57. The monoisotopic (exact) mass is 438 g/mol. The molecular weight excluding hydrogens is 412 g/mol. The van der Waals surface area contributed by atoms with Crippen LogP contribution in [-0.2, 0) is 14.8 Å². The molecule has 31 heavy (non-hydrogen) atoms. The van der Waals surface area contributed by atoms with E-state index in [1.54, 1.807) is 37.3 Å². The molecule has 0 saturated carbocycles. The first-order valence-electron chi connectivity index (χ1n) is 9.88. The van der Waals surface area contributed by atoms with Gasteiger partial charge in [-0.05, 0) is 92.9 Å². The van der Waals surface area contributed by atoms with Crippen LogP contribution in [0.15, 0.2) is 71.6 Å². The number of carbonyl (C=O) groups is 1. The summed E-state index contributed by atoms with van der Waals surface area (Å²) in [5.74, 6) is 0.302. The maximum Gasteiger partial charge on any atom is 0.265 e. The Labute approximate surface area is 183 Å². The smallest absolute Gasteiger partial charge is 0.265 e. The molecule has 1 amide bonds. The van der Waals surface area contributed by atoms with Crippen molar-refractivity contribution in [2.45, 2.75) is 38.7 Å². The number of nitrogens with one attached hydrogen (secondary N) is 2. The van der Waals surface area contributed by atoms with Gasteiger partial charge >= 0.3 is 0 Å². The lowest BCUT2D eigenvalue weighted by Crippen LogP contribution is -2.30. The molecule has 0 spiro atoms. The Morgan fingerprint density at radius 3 is 2.10 bits per heavy atom. The Morgan fingerprint density at radius 2 is 1.48 bits per heavy atom. The normalized spacial score (nSPS) is 12.1. The van der Waals surface area contributed by atoms with E-state index >= 15 is 0 Å². The highest BCUT2D eigenvalue weighted by Crippen LogP contribution is 2.20. The lowest BCUT2D eigenvalue weighted by molar-refractivity contribution is -0.122. The van der Waals surface area contributed by atoms with E-state index in [1.165, 1.54) is 12.1 Å². The minimum atomic E-state index is -3.73. The van der Waals surface area contributed by atoms with Crippen molar-refractivity contribution in [2.75, 3.05) is 10.0 Å². The molecule has 0 bridgehead atoms. The Hall–Kier alpha value is -3.32. The van der Waals surface area contributed by atoms with Crippen LogP contribution in [0.2, 0.25) is 0 Å². The molecule has 3 rings (SSSR count). The molecule has 2 N–H and O–H groups in total. The summed E-state index contributed by atoms with van der Waals surface area (Å²) in [5.41, 5.74) is 4.04. The van der Waals surface area contributed by atoms with E-state index in [1.807, 2.05) is 45.0 Å². The van der Waals surface area contributed by atoms with E-state index < -0.39 is 16.1 Å². The number of sulfonamides is 1. The Bertz CT molecular complexity index is 1170. The van der Waals surface area contributed by atoms with E-state index in [-0.39, 0.29) is 10.8 Å². The maximum absolute atomic E-state index is 12.6. The number of carbonyl (C=O) groups excluding carboxylic acids is 1. The molecule has 0 aliphatic heterocycles. The van der Waals surface area contributed by atoms with Crippen molar-refractivity contribution < 1.29 is 17.9 Å². The highest BCUT2D eigenvalue weighted by atomic mass is 32.2. The average molecular weight is 439 g/mol. The molecule has 0 saturated heterocycles. The summed E-state index contributed by atoms with van der Waals surface area (Å²) in [6, 6.07) is 18.9. The van der Waals surface area contributed by atoms with Gasteiger partial charge in [0, 0.05) is 11.4 Å². The van der Waals surface area contributed by atoms with Gasteiger partial charge in [0.1, 0.15) is 5.75 Å². The number of ether oxygens (including phenoxy) is 1. The largest absolute Gasteiger partial charge is 0.481 e. The fourth-order valence-electron chi connectivity index (χ4n) is 3.14. The molecule has 0 aliphatic carbocycles. The number of rotatable bonds is 7. The Balaban J connectivity index is 1.64. The van der Waals surface area contributed by atoms with Crippen LogP contribution in [0.3, 0.4) is 0 Å². The van der Waals surface area contributed by atoms with Crippen molar-refractivity contribution in [3.05, 3.63) is 83.4 Å². The molecular formula is C24H26N2O4S. The third-order valence-corrected chi connectivity index (χ3v) is 5.98. The summed E-state index contributed by atoms with van der Waals surface area (Å²) in [5, 5.41) is 2.75. The van der Waals surface area contributed by atoms with Crippen molar-refractivity contribution in [1.29, 1.82) is 0 Å². The average Bonchev–Trinajstić information content (AvgIpc) is 2.67. The van der Waals surface area contributed by atoms with Gasteiger partial charge in [0.05, 0.1) is 4.90 Å². The fourth-order valence-corrected chi connectivity index (χ4v) is 4.19. The van der Waals surface area contributed by atoms with Gasteiger partial charge < -0.3 is 10.1 Å². The van der Waals surface area contributed by atoms with Gasteiger partial charge in [-0.15, -0.1) is 0 Å². The van der Waals surface area contributed by atoms with Crippen LogP contribution in [0.5, 0.6) is 5.75 Å². The van der Waals surface area contributed by atoms with E-state index in [9.17, 15) is 13.2 Å². The zero-order chi connectivity index (χ0) is 22.6. The summed E-state index contributed by atoms with van der Waals surface area (Å²) in [4.78, 5) is 12.6. The third-order valence-electron chi connectivity index (χ3n) is 4.58. The van der Waals surface area contributed by atoms with Gasteiger partial charge in [0.2, 0.25) is 0 Å². The van der Waals surface area contributed by atoms with Crippen molar-refractivity contribution in [2.24, 2.45) is 0 Å². The number of anilines is 2. The standard InChI is InChI=1S/C24H26N2O4S/c1-16-6-5-7-21(13-16)26-31(28,29)23-10-8-20(9-11-23)25-24(27)19(4)30-22-14-17(2)12-18(3)15-22/h5-15,19,26H,1-4H3,(H,25,27)/t19-/m0/s1. The summed E-state index contributed by atoms with van der Waals surface area (Å²) in [6.07, 6.45) is -0.715. The molecule has 6 nitrogen and oxygen atoms in total. The third kappa shape index (κ3) is 6.08. The predicted molar refractivity (Wildman–Crippen MR) is 123 cm³/mol. The van der Waals surface area contributed by atoms with Gasteiger partial charge in [-0.25, -0.2) is 8.42 Å². The van der Waals surface area contributed by atoms with Crippen LogP contribution in [0.1, 0.15) is 23.6 Å². The first-order valence-corrected chi connectivity index (χ1v) is 11.4. The number of hydrogen-bond acceptors (Lipinski definition) is 4. The van der Waals surface area contributed by atoms with Gasteiger partial charge in [-0.3, -0.25) is 9.52 Å². The molecule has 0 radical (unpaired) electrons. The van der Waals surface area contributed by atoms with Gasteiger partial charge in [-0.2, -0.15) is 0 Å². The number of benzene rings is 3. The van der Waals surface area contributed by atoms with Crippen molar-refractivity contribution in [1.82, 2.24) is 0 Å². The van der Waals surface area contributed by atoms with Crippen LogP contribution in [0, 0.1) is 20.8 Å². The van der Waals surface area contributed by atoms with Crippen LogP contribution < -0.4 is 14.8 Å². The second kappa shape index (κ2) is 9.22. The van der Waals surface area contributed by atoms with Gasteiger partial charge in [-0.1, -0.05) is 18.2 Å². The molecule has 3 aromatic rings. The first-order chi connectivity index (χ1) is 14.6. The van der Waals surface area contributed by atoms with Crippen molar-refractivity contribution in [3.8, 4) is 5.75 Å². The van der Waals surface area contributed by atoms with Crippen LogP contribution in [0.25, 0.3) is 0 Å². The van der Waals surface area contributed by atoms with E-state index in [0.717, 1.165) is 16.7 Å². The minimum absolute atomic E-state index is 0.103. The Morgan fingerprint density at radius 1 is 0.839 bits per heavy atom. The second-order valence-corrected chi connectivity index (χ2v) is 9.25. The lowest BCUT2D eigenvalue weighted by atomic mass is 10.1. The Kier molecular flexibility index (Phi) is 6.65. The molecule has 0 heterocycles. The summed E-state index contributed by atoms with van der Waals surface area (Å²) < 4.78 is 33.5. The lowest BCUT2D eigenvalue weighted by Gasteiger charge is -2.16. The summed E-state index contributed by atoms with van der Waals surface area (Å²) in [7, 11) is -3.73. The molecule has 1 atom stereocenters. The highest BCUT2D eigenvalue weighted by molar-refractivity contribution is 7.92. The summed E-state index contributed by atoms with van der Waals surface area (Å²) >= 11 is 0. The minimum Gasteiger partial charge on any atom is -0.481 e. The van der Waals surface area contributed by atoms with E-state index in [4.69, 9.17) is 4.74 Å². The molecule has 3 aromatic carbocycles. The summed E-state index contributed by atoms with van der Waals surface area (Å²) in [6.45, 7) is 7.49. The molecule has 162 valence electrons. The number of aryl methyl sites for hydroxylation is 3. The van der Waals surface area contributed by atoms with Crippen LogP contribution >= 0.6 is 0 Å². The van der Waals surface area contributed by atoms with Crippen molar-refractivity contribution in [3.63, 3.8) is 0 Å². The molecule has 0 aliphatic rings. The zero-order valence-electron chi connectivity index (χ0n) is 18.0. The van der Waals surface area contributed by atoms with E-state index in [0.29, 0.717) is 17.1 Å². The molecule has 7 heteroatoms. The number of hydrogen-bond donors (Lipinski definition) is 2. The van der Waals surface area contributed by atoms with Crippen LogP contribution in [0.4, 0.5) is 11.4 Å². The van der Waals surface area contributed by atoms with Crippen LogP contribution in [-0.4, -0.2) is 20.4 Å². The van der Waals surface area contributed by atoms with E-state index in [2.05, 4.69) is 10.0 Å². The van der Waals surface area contributed by atoms with Gasteiger partial charge in [0.15, 0.2) is 6.10 Å².